The predicted molar refractivity (Wildman–Crippen MR) is 80.8 cm³/mol. The molecule has 0 radical (unpaired) electrons. The molecule has 114 valence electrons. The summed E-state index contributed by atoms with van der Waals surface area (Å²) in [5.41, 5.74) is 1.36. The van der Waals surface area contributed by atoms with E-state index in [1.165, 1.54) is 25.0 Å². The van der Waals surface area contributed by atoms with Gasteiger partial charge in [0.2, 0.25) is 0 Å². The average molecular weight is 290 g/mol. The van der Waals surface area contributed by atoms with Gasteiger partial charge in [0.15, 0.2) is 0 Å². The Balaban J connectivity index is 1.62. The summed E-state index contributed by atoms with van der Waals surface area (Å²) >= 11 is 0. The molecule has 2 aliphatic heterocycles. The van der Waals surface area contributed by atoms with Gasteiger partial charge >= 0.3 is 0 Å². The first-order valence-electron chi connectivity index (χ1n) is 7.94. The van der Waals surface area contributed by atoms with Crippen LogP contribution in [0.25, 0.3) is 0 Å². The minimum Gasteiger partial charge on any atom is -0.339 e. The van der Waals surface area contributed by atoms with Gasteiger partial charge in [-0.3, -0.25) is 4.79 Å². The molecule has 1 aromatic rings. The molecular formula is C17H23FN2O. The maximum atomic E-state index is 13.1. The molecule has 3 nitrogen and oxygen atoms in total. The first-order valence-corrected chi connectivity index (χ1v) is 7.94. The molecule has 2 saturated heterocycles. The second-order valence-corrected chi connectivity index (χ2v) is 6.29. The molecule has 2 aliphatic rings. The zero-order valence-corrected chi connectivity index (χ0v) is 12.6. The zero-order chi connectivity index (χ0) is 14.8. The summed E-state index contributed by atoms with van der Waals surface area (Å²) in [6.45, 7) is 4.57. The van der Waals surface area contributed by atoms with Gasteiger partial charge in [0.05, 0.1) is 0 Å². The number of likely N-dealkylation sites (tertiary alicyclic amines) is 1. The smallest absolute Gasteiger partial charge is 0.254 e. The SMILES string of the molecule is Cc1cc(F)ccc1C(=O)N1CCC(C2CCCN2)CC1. The highest BCUT2D eigenvalue weighted by Gasteiger charge is 2.30. The molecule has 1 aromatic carbocycles. The van der Waals surface area contributed by atoms with Crippen LogP contribution in [0.5, 0.6) is 0 Å². The van der Waals surface area contributed by atoms with Crippen molar-refractivity contribution in [2.75, 3.05) is 19.6 Å². The number of hydrogen-bond donors (Lipinski definition) is 1. The van der Waals surface area contributed by atoms with Gasteiger partial charge in [-0.05, 0) is 68.8 Å². The summed E-state index contributed by atoms with van der Waals surface area (Å²) in [6.07, 6.45) is 4.70. The van der Waals surface area contributed by atoms with E-state index in [0.717, 1.165) is 38.0 Å². The van der Waals surface area contributed by atoms with Crippen LogP contribution >= 0.6 is 0 Å². The second kappa shape index (κ2) is 6.14. The second-order valence-electron chi connectivity index (χ2n) is 6.29. The minimum atomic E-state index is -0.282. The number of aryl methyl sites for hydroxylation is 1. The third-order valence-electron chi connectivity index (χ3n) is 4.91. The van der Waals surface area contributed by atoms with Crippen molar-refractivity contribution in [3.05, 3.63) is 35.1 Å². The van der Waals surface area contributed by atoms with E-state index in [-0.39, 0.29) is 11.7 Å². The molecular weight excluding hydrogens is 267 g/mol. The predicted octanol–water partition coefficient (Wildman–Crippen LogP) is 2.74. The Morgan fingerprint density at radius 2 is 2.05 bits per heavy atom. The number of rotatable bonds is 2. The number of carbonyl (C=O) groups is 1. The van der Waals surface area contributed by atoms with Crippen molar-refractivity contribution in [2.45, 2.75) is 38.6 Å². The molecule has 2 fully saturated rings. The normalized spacial score (nSPS) is 23.5. The molecule has 1 atom stereocenters. The van der Waals surface area contributed by atoms with Crippen LogP contribution in [-0.4, -0.2) is 36.5 Å². The Hall–Kier alpha value is -1.42. The number of amides is 1. The quantitative estimate of drug-likeness (QED) is 0.908. The number of piperidine rings is 1. The lowest BCUT2D eigenvalue weighted by molar-refractivity contribution is 0.0673. The van der Waals surface area contributed by atoms with Crippen molar-refractivity contribution in [1.29, 1.82) is 0 Å². The lowest BCUT2D eigenvalue weighted by Crippen LogP contribution is -2.43. The van der Waals surface area contributed by atoms with Crippen LogP contribution in [0.1, 0.15) is 41.6 Å². The molecule has 0 saturated carbocycles. The largest absolute Gasteiger partial charge is 0.339 e. The topological polar surface area (TPSA) is 32.3 Å². The van der Waals surface area contributed by atoms with Crippen molar-refractivity contribution in [2.24, 2.45) is 5.92 Å². The van der Waals surface area contributed by atoms with E-state index >= 15 is 0 Å². The van der Waals surface area contributed by atoms with Crippen LogP contribution in [0.15, 0.2) is 18.2 Å². The van der Waals surface area contributed by atoms with E-state index < -0.39 is 0 Å². The minimum absolute atomic E-state index is 0.0466. The summed E-state index contributed by atoms with van der Waals surface area (Å²) in [4.78, 5) is 14.5. The van der Waals surface area contributed by atoms with Crippen LogP contribution in [0, 0.1) is 18.7 Å². The Labute approximate surface area is 125 Å². The van der Waals surface area contributed by atoms with Gasteiger partial charge in [-0.2, -0.15) is 0 Å². The summed E-state index contributed by atoms with van der Waals surface area (Å²) in [6, 6.07) is 5.06. The first-order chi connectivity index (χ1) is 10.1. The fourth-order valence-corrected chi connectivity index (χ4v) is 3.66. The van der Waals surface area contributed by atoms with E-state index in [9.17, 15) is 9.18 Å². The Morgan fingerprint density at radius 3 is 2.67 bits per heavy atom. The monoisotopic (exact) mass is 290 g/mol. The Bertz CT molecular complexity index is 518. The molecule has 0 aliphatic carbocycles. The molecule has 3 rings (SSSR count). The standard InChI is InChI=1S/C17H23FN2O/c1-12-11-14(18)4-5-15(12)17(21)20-9-6-13(7-10-20)16-3-2-8-19-16/h4-5,11,13,16,19H,2-3,6-10H2,1H3. The summed E-state index contributed by atoms with van der Waals surface area (Å²) < 4.78 is 13.1. The van der Waals surface area contributed by atoms with Gasteiger partial charge in [-0.15, -0.1) is 0 Å². The number of halogens is 1. The number of nitrogens with zero attached hydrogens (tertiary/aromatic N) is 1. The number of carbonyl (C=O) groups excluding carboxylic acids is 1. The van der Waals surface area contributed by atoms with E-state index in [1.807, 2.05) is 4.90 Å². The number of hydrogen-bond acceptors (Lipinski definition) is 2. The van der Waals surface area contributed by atoms with Crippen molar-refractivity contribution >= 4 is 5.91 Å². The maximum absolute atomic E-state index is 13.1. The molecule has 4 heteroatoms. The highest BCUT2D eigenvalue weighted by atomic mass is 19.1. The van der Waals surface area contributed by atoms with E-state index in [2.05, 4.69) is 5.32 Å². The summed E-state index contributed by atoms with van der Waals surface area (Å²) in [7, 11) is 0. The highest BCUT2D eigenvalue weighted by Crippen LogP contribution is 2.26. The van der Waals surface area contributed by atoms with Crippen LogP contribution in [-0.2, 0) is 0 Å². The third kappa shape index (κ3) is 3.10. The summed E-state index contributed by atoms with van der Waals surface area (Å²) in [5.74, 6) is 0.464. The van der Waals surface area contributed by atoms with Crippen molar-refractivity contribution < 1.29 is 9.18 Å². The molecule has 0 spiro atoms. The van der Waals surface area contributed by atoms with Crippen LogP contribution in [0.2, 0.25) is 0 Å². The van der Waals surface area contributed by atoms with Gasteiger partial charge in [-0.1, -0.05) is 0 Å². The average Bonchev–Trinajstić information content (AvgIpc) is 3.01. The van der Waals surface area contributed by atoms with Crippen LogP contribution in [0.4, 0.5) is 4.39 Å². The van der Waals surface area contributed by atoms with Gasteiger partial charge in [0.25, 0.3) is 5.91 Å². The highest BCUT2D eigenvalue weighted by molar-refractivity contribution is 5.95. The molecule has 1 amide bonds. The number of benzene rings is 1. The van der Waals surface area contributed by atoms with Gasteiger partial charge in [-0.25, -0.2) is 4.39 Å². The Morgan fingerprint density at radius 1 is 1.29 bits per heavy atom. The van der Waals surface area contributed by atoms with Crippen LogP contribution in [0.3, 0.4) is 0 Å². The van der Waals surface area contributed by atoms with Crippen LogP contribution < -0.4 is 5.32 Å². The third-order valence-corrected chi connectivity index (χ3v) is 4.91. The fourth-order valence-electron chi connectivity index (χ4n) is 3.66. The van der Waals surface area contributed by atoms with Crippen molar-refractivity contribution in [3.8, 4) is 0 Å². The molecule has 1 unspecified atom stereocenters. The van der Waals surface area contributed by atoms with Crippen molar-refractivity contribution in [1.82, 2.24) is 10.2 Å². The number of nitrogens with one attached hydrogen (secondary N) is 1. The molecule has 2 heterocycles. The van der Waals surface area contributed by atoms with E-state index in [1.54, 1.807) is 13.0 Å². The maximum Gasteiger partial charge on any atom is 0.254 e. The Kier molecular flexibility index (Phi) is 4.24. The lowest BCUT2D eigenvalue weighted by Gasteiger charge is -2.35. The van der Waals surface area contributed by atoms with Gasteiger partial charge in [0.1, 0.15) is 5.82 Å². The van der Waals surface area contributed by atoms with E-state index in [0.29, 0.717) is 17.5 Å². The molecule has 21 heavy (non-hydrogen) atoms. The fraction of sp³-hybridized carbons (Fsp3) is 0.588. The van der Waals surface area contributed by atoms with Gasteiger partial charge < -0.3 is 10.2 Å². The molecule has 1 N–H and O–H groups in total. The first kappa shape index (κ1) is 14.5. The zero-order valence-electron chi connectivity index (χ0n) is 12.6. The van der Waals surface area contributed by atoms with E-state index in [4.69, 9.17) is 0 Å². The van der Waals surface area contributed by atoms with Gasteiger partial charge in [0, 0.05) is 24.7 Å². The van der Waals surface area contributed by atoms with Crippen molar-refractivity contribution in [3.63, 3.8) is 0 Å². The molecule has 0 aromatic heterocycles. The summed E-state index contributed by atoms with van der Waals surface area (Å²) in [5, 5.41) is 3.57. The lowest BCUT2D eigenvalue weighted by atomic mass is 9.88. The molecule has 0 bridgehead atoms.